The standard InChI is InChI=1S/C12H16N2/c1-14-10-11-6-4-2-3-5-7-12(13)9-8-11/h2-9,14H,10,13H2,1H3. The fourth-order valence-electron chi connectivity index (χ4n) is 1.11. The molecule has 0 radical (unpaired) electrons. The monoisotopic (exact) mass is 188 g/mol. The highest BCUT2D eigenvalue weighted by Crippen LogP contribution is 1.99. The first kappa shape index (κ1) is 10.5. The summed E-state index contributed by atoms with van der Waals surface area (Å²) in [5, 5.41) is 3.10. The molecule has 0 unspecified atom stereocenters. The Morgan fingerprint density at radius 1 is 1.00 bits per heavy atom. The molecule has 0 aromatic heterocycles. The molecular weight excluding hydrogens is 172 g/mol. The van der Waals surface area contributed by atoms with E-state index >= 15 is 0 Å². The van der Waals surface area contributed by atoms with E-state index in [4.69, 9.17) is 5.73 Å². The highest BCUT2D eigenvalue weighted by atomic mass is 14.8. The Kier molecular flexibility index (Phi) is 4.51. The van der Waals surface area contributed by atoms with E-state index in [-0.39, 0.29) is 0 Å². The van der Waals surface area contributed by atoms with Gasteiger partial charge >= 0.3 is 0 Å². The molecule has 1 aromatic rings. The fraction of sp³-hybridized carbons (Fsp3) is 0.167. The summed E-state index contributed by atoms with van der Waals surface area (Å²) in [5.41, 5.74) is 7.70. The summed E-state index contributed by atoms with van der Waals surface area (Å²) in [7, 11) is 1.93. The fourth-order valence-corrected chi connectivity index (χ4v) is 1.11. The molecule has 1 aromatic carbocycles. The minimum atomic E-state index is 0.763. The first-order valence-corrected chi connectivity index (χ1v) is 4.65. The number of nitrogens with two attached hydrogens (primary N) is 1. The molecule has 74 valence electrons. The van der Waals surface area contributed by atoms with Crippen molar-refractivity contribution in [2.45, 2.75) is 6.54 Å². The van der Waals surface area contributed by atoms with Crippen molar-refractivity contribution in [3.63, 3.8) is 0 Å². The van der Waals surface area contributed by atoms with Crippen LogP contribution in [0, 0.1) is 0 Å². The normalized spacial score (nSPS) is 9.21. The van der Waals surface area contributed by atoms with Gasteiger partial charge in [0.25, 0.3) is 0 Å². The first-order chi connectivity index (χ1) is 6.83. The molecule has 0 amide bonds. The molecule has 0 spiro atoms. The molecule has 0 fully saturated rings. The Bertz CT molecular complexity index is 333. The lowest BCUT2D eigenvalue weighted by Crippen LogP contribution is -2.03. The maximum atomic E-state index is 5.73. The van der Waals surface area contributed by atoms with E-state index in [0.29, 0.717) is 0 Å². The lowest BCUT2D eigenvalue weighted by molar-refractivity contribution is 0.819. The average molecular weight is 188 g/mol. The SMILES string of the molecule is CNCc1ccccccc(N)cc1. The smallest absolute Gasteiger partial charge is 0.0314 e. The molecule has 2 heteroatoms. The zero-order valence-electron chi connectivity index (χ0n) is 8.40. The van der Waals surface area contributed by atoms with Crippen molar-refractivity contribution in [3.05, 3.63) is 54.1 Å². The summed E-state index contributed by atoms with van der Waals surface area (Å²) >= 11 is 0. The minimum absolute atomic E-state index is 0.763. The third kappa shape index (κ3) is 3.92. The number of nitrogen functional groups attached to an aromatic ring is 1. The van der Waals surface area contributed by atoms with Crippen molar-refractivity contribution in [1.82, 2.24) is 5.32 Å². The van der Waals surface area contributed by atoms with E-state index in [1.54, 1.807) is 0 Å². The van der Waals surface area contributed by atoms with Gasteiger partial charge in [0.1, 0.15) is 0 Å². The number of hydrogen-bond acceptors (Lipinski definition) is 2. The van der Waals surface area contributed by atoms with Gasteiger partial charge in [-0.2, -0.15) is 0 Å². The first-order valence-electron chi connectivity index (χ1n) is 4.65. The Balaban J connectivity index is 3.09. The van der Waals surface area contributed by atoms with Crippen LogP contribution >= 0.6 is 0 Å². The molecule has 0 saturated heterocycles. The summed E-state index contributed by atoms with van der Waals surface area (Å²) in [5.74, 6) is 0. The van der Waals surface area contributed by atoms with Gasteiger partial charge in [-0.25, -0.2) is 0 Å². The number of nitrogens with one attached hydrogen (secondary N) is 1. The van der Waals surface area contributed by atoms with Crippen molar-refractivity contribution in [3.8, 4) is 0 Å². The lowest BCUT2D eigenvalue weighted by atomic mass is 10.2. The van der Waals surface area contributed by atoms with Crippen LogP contribution in [-0.4, -0.2) is 7.05 Å². The number of rotatable bonds is 2. The van der Waals surface area contributed by atoms with E-state index in [1.165, 1.54) is 5.56 Å². The summed E-state index contributed by atoms with van der Waals surface area (Å²) < 4.78 is 0. The van der Waals surface area contributed by atoms with Gasteiger partial charge in [0, 0.05) is 12.2 Å². The van der Waals surface area contributed by atoms with Crippen molar-refractivity contribution >= 4 is 5.69 Å². The van der Waals surface area contributed by atoms with Crippen molar-refractivity contribution < 1.29 is 0 Å². The zero-order valence-corrected chi connectivity index (χ0v) is 8.40. The van der Waals surface area contributed by atoms with Crippen LogP contribution in [0.4, 0.5) is 5.69 Å². The van der Waals surface area contributed by atoms with Crippen LogP contribution in [0.25, 0.3) is 0 Å². The van der Waals surface area contributed by atoms with Gasteiger partial charge in [-0.15, -0.1) is 0 Å². The van der Waals surface area contributed by atoms with Crippen LogP contribution in [-0.2, 0) is 6.54 Å². The molecule has 0 atom stereocenters. The van der Waals surface area contributed by atoms with Crippen LogP contribution in [0.2, 0.25) is 0 Å². The molecule has 0 heterocycles. The Morgan fingerprint density at radius 2 is 1.71 bits per heavy atom. The maximum Gasteiger partial charge on any atom is 0.0314 e. The van der Waals surface area contributed by atoms with Gasteiger partial charge < -0.3 is 11.1 Å². The molecule has 0 aliphatic heterocycles. The molecule has 0 aliphatic carbocycles. The van der Waals surface area contributed by atoms with Crippen LogP contribution < -0.4 is 11.1 Å². The summed E-state index contributed by atoms with van der Waals surface area (Å²) in [6, 6.07) is 15.8. The second-order valence-corrected chi connectivity index (χ2v) is 3.04. The van der Waals surface area contributed by atoms with E-state index in [9.17, 15) is 0 Å². The molecule has 14 heavy (non-hydrogen) atoms. The van der Waals surface area contributed by atoms with Crippen LogP contribution in [0.3, 0.4) is 0 Å². The van der Waals surface area contributed by atoms with Gasteiger partial charge in [-0.1, -0.05) is 36.4 Å². The Hall–Kier alpha value is -1.54. The van der Waals surface area contributed by atoms with E-state index in [1.807, 2.05) is 49.5 Å². The van der Waals surface area contributed by atoms with E-state index in [0.717, 1.165) is 12.2 Å². The van der Waals surface area contributed by atoms with Crippen molar-refractivity contribution in [1.29, 1.82) is 0 Å². The summed E-state index contributed by atoms with van der Waals surface area (Å²) in [6.07, 6.45) is 0. The zero-order chi connectivity index (χ0) is 10.2. The second-order valence-electron chi connectivity index (χ2n) is 3.04. The van der Waals surface area contributed by atoms with Crippen LogP contribution in [0.5, 0.6) is 0 Å². The Labute approximate surface area is 85.1 Å². The lowest BCUT2D eigenvalue weighted by Gasteiger charge is -1.95. The van der Waals surface area contributed by atoms with Gasteiger partial charge in [-0.05, 0) is 24.7 Å². The molecule has 0 saturated carbocycles. The molecule has 1 rings (SSSR count). The molecule has 2 nitrogen and oxygen atoms in total. The van der Waals surface area contributed by atoms with Crippen LogP contribution in [0.15, 0.2) is 48.5 Å². The molecule has 3 N–H and O–H groups in total. The van der Waals surface area contributed by atoms with Crippen molar-refractivity contribution in [2.24, 2.45) is 0 Å². The van der Waals surface area contributed by atoms with Gasteiger partial charge in [0.05, 0.1) is 0 Å². The molecular formula is C12H16N2. The highest BCUT2D eigenvalue weighted by molar-refractivity contribution is 5.35. The average Bonchev–Trinajstić information content (AvgIpc) is 2.19. The highest BCUT2D eigenvalue weighted by Gasteiger charge is 1.83. The van der Waals surface area contributed by atoms with Crippen LogP contribution in [0.1, 0.15) is 5.56 Å². The minimum Gasteiger partial charge on any atom is -0.399 e. The second kappa shape index (κ2) is 6.00. The quantitative estimate of drug-likeness (QED) is 0.746. The summed E-state index contributed by atoms with van der Waals surface area (Å²) in [4.78, 5) is 0. The van der Waals surface area contributed by atoms with Crippen molar-refractivity contribution in [2.75, 3.05) is 12.8 Å². The summed E-state index contributed by atoms with van der Waals surface area (Å²) in [6.45, 7) is 0.845. The predicted molar refractivity (Wildman–Crippen MR) is 61.2 cm³/mol. The van der Waals surface area contributed by atoms with Gasteiger partial charge in [0.15, 0.2) is 0 Å². The van der Waals surface area contributed by atoms with E-state index < -0.39 is 0 Å². The largest absolute Gasteiger partial charge is 0.399 e. The molecule has 0 aliphatic rings. The predicted octanol–water partition coefficient (Wildman–Crippen LogP) is 2.11. The molecule has 0 bridgehead atoms. The third-order valence-electron chi connectivity index (χ3n) is 1.80. The van der Waals surface area contributed by atoms with E-state index in [2.05, 4.69) is 11.4 Å². The Morgan fingerprint density at radius 3 is 2.43 bits per heavy atom. The topological polar surface area (TPSA) is 38.0 Å². The maximum absolute atomic E-state index is 5.73. The number of anilines is 1. The third-order valence-corrected chi connectivity index (χ3v) is 1.80. The van der Waals surface area contributed by atoms with Gasteiger partial charge in [0.2, 0.25) is 0 Å². The van der Waals surface area contributed by atoms with Gasteiger partial charge in [-0.3, -0.25) is 0 Å². The number of hydrogen-bond donors (Lipinski definition) is 2.